The number of rotatable bonds is 5. The lowest BCUT2D eigenvalue weighted by Gasteiger charge is -2.38. The lowest BCUT2D eigenvalue weighted by molar-refractivity contribution is -0.0903. The maximum atomic E-state index is 5.93. The molecule has 17 heavy (non-hydrogen) atoms. The largest absolute Gasteiger partial charge is 0.385 e. The standard InChI is InChI=1S/C13H25NO3/c1-11(3-6-15-2)14-12-4-7-17-13(9-12)5-8-16-10-13/h11-12,14H,3-10H2,1-2H3. The molecule has 0 radical (unpaired) electrons. The van der Waals surface area contributed by atoms with E-state index in [1.165, 1.54) is 0 Å². The Morgan fingerprint density at radius 1 is 1.47 bits per heavy atom. The molecule has 0 aromatic rings. The van der Waals surface area contributed by atoms with Crippen LogP contribution in [0.4, 0.5) is 0 Å². The second-order valence-corrected chi connectivity index (χ2v) is 5.37. The third-order valence-electron chi connectivity index (χ3n) is 3.84. The highest BCUT2D eigenvalue weighted by Crippen LogP contribution is 2.32. The lowest BCUT2D eigenvalue weighted by Crippen LogP contribution is -2.49. The van der Waals surface area contributed by atoms with Crippen LogP contribution in [0.25, 0.3) is 0 Å². The second-order valence-electron chi connectivity index (χ2n) is 5.37. The van der Waals surface area contributed by atoms with Crippen LogP contribution in [0.15, 0.2) is 0 Å². The molecule has 3 atom stereocenters. The van der Waals surface area contributed by atoms with Crippen LogP contribution in [0.2, 0.25) is 0 Å². The van der Waals surface area contributed by atoms with Crippen LogP contribution in [0.1, 0.15) is 32.6 Å². The molecule has 0 aromatic carbocycles. The number of ether oxygens (including phenoxy) is 3. The van der Waals surface area contributed by atoms with E-state index < -0.39 is 0 Å². The van der Waals surface area contributed by atoms with Crippen molar-refractivity contribution in [1.29, 1.82) is 0 Å². The van der Waals surface area contributed by atoms with Gasteiger partial charge in [0.15, 0.2) is 0 Å². The quantitative estimate of drug-likeness (QED) is 0.791. The Morgan fingerprint density at radius 2 is 2.35 bits per heavy atom. The van der Waals surface area contributed by atoms with E-state index in [9.17, 15) is 0 Å². The lowest BCUT2D eigenvalue weighted by atomic mass is 9.89. The van der Waals surface area contributed by atoms with Gasteiger partial charge in [0.25, 0.3) is 0 Å². The van der Waals surface area contributed by atoms with Crippen LogP contribution in [-0.4, -0.2) is 51.2 Å². The van der Waals surface area contributed by atoms with Gasteiger partial charge in [-0.15, -0.1) is 0 Å². The first-order chi connectivity index (χ1) is 8.24. The Hall–Kier alpha value is -0.160. The van der Waals surface area contributed by atoms with Crippen molar-refractivity contribution in [2.45, 2.75) is 50.3 Å². The van der Waals surface area contributed by atoms with Gasteiger partial charge in [-0.1, -0.05) is 0 Å². The minimum absolute atomic E-state index is 0.0108. The van der Waals surface area contributed by atoms with E-state index >= 15 is 0 Å². The normalized spacial score (nSPS) is 35.3. The summed E-state index contributed by atoms with van der Waals surface area (Å²) in [5.74, 6) is 0. The fraction of sp³-hybridized carbons (Fsp3) is 1.00. The molecule has 4 heteroatoms. The molecule has 1 spiro atoms. The van der Waals surface area contributed by atoms with Crippen molar-refractivity contribution in [3.05, 3.63) is 0 Å². The fourth-order valence-electron chi connectivity index (χ4n) is 2.81. The summed E-state index contributed by atoms with van der Waals surface area (Å²) in [6.45, 7) is 5.54. The van der Waals surface area contributed by atoms with Gasteiger partial charge in [0.1, 0.15) is 0 Å². The van der Waals surface area contributed by atoms with Gasteiger partial charge >= 0.3 is 0 Å². The summed E-state index contributed by atoms with van der Waals surface area (Å²) < 4.78 is 16.5. The Kier molecular flexibility index (Phi) is 4.79. The van der Waals surface area contributed by atoms with E-state index in [1.54, 1.807) is 7.11 Å². The Morgan fingerprint density at radius 3 is 3.06 bits per heavy atom. The van der Waals surface area contributed by atoms with E-state index in [1.807, 2.05) is 0 Å². The predicted molar refractivity (Wildman–Crippen MR) is 66.2 cm³/mol. The van der Waals surface area contributed by atoms with Crippen molar-refractivity contribution in [3.63, 3.8) is 0 Å². The van der Waals surface area contributed by atoms with Crippen LogP contribution in [0.3, 0.4) is 0 Å². The number of hydrogen-bond donors (Lipinski definition) is 1. The molecule has 2 fully saturated rings. The topological polar surface area (TPSA) is 39.7 Å². The zero-order chi connectivity index (χ0) is 12.1. The first kappa shape index (κ1) is 13.3. The Labute approximate surface area is 104 Å². The third kappa shape index (κ3) is 3.65. The van der Waals surface area contributed by atoms with Gasteiger partial charge in [0.05, 0.1) is 12.2 Å². The van der Waals surface area contributed by atoms with Gasteiger partial charge in [-0.2, -0.15) is 0 Å². The van der Waals surface area contributed by atoms with Crippen LogP contribution in [0, 0.1) is 0 Å². The minimum Gasteiger partial charge on any atom is -0.385 e. The monoisotopic (exact) mass is 243 g/mol. The van der Waals surface area contributed by atoms with E-state index in [0.717, 1.165) is 52.1 Å². The zero-order valence-electron chi connectivity index (χ0n) is 11.0. The van der Waals surface area contributed by atoms with Gasteiger partial charge in [0, 0.05) is 45.4 Å². The van der Waals surface area contributed by atoms with Crippen molar-refractivity contribution in [3.8, 4) is 0 Å². The molecule has 2 saturated heterocycles. The summed E-state index contributed by atoms with van der Waals surface area (Å²) in [4.78, 5) is 0. The smallest absolute Gasteiger partial charge is 0.0951 e. The first-order valence-corrected chi connectivity index (χ1v) is 6.71. The summed E-state index contributed by atoms with van der Waals surface area (Å²) in [7, 11) is 1.76. The molecule has 0 amide bonds. The molecule has 1 N–H and O–H groups in total. The van der Waals surface area contributed by atoms with Crippen LogP contribution in [-0.2, 0) is 14.2 Å². The molecule has 2 aliphatic heterocycles. The number of hydrogen-bond acceptors (Lipinski definition) is 4. The number of nitrogens with one attached hydrogen (secondary N) is 1. The molecule has 2 rings (SSSR count). The summed E-state index contributed by atoms with van der Waals surface area (Å²) in [5.41, 5.74) is 0.0108. The van der Waals surface area contributed by atoms with E-state index in [-0.39, 0.29) is 5.60 Å². The summed E-state index contributed by atoms with van der Waals surface area (Å²) in [5, 5.41) is 3.69. The van der Waals surface area contributed by atoms with Crippen LogP contribution in [0.5, 0.6) is 0 Å². The van der Waals surface area contributed by atoms with Crippen molar-refractivity contribution >= 4 is 0 Å². The van der Waals surface area contributed by atoms with Crippen molar-refractivity contribution in [2.75, 3.05) is 33.5 Å². The first-order valence-electron chi connectivity index (χ1n) is 6.71. The third-order valence-corrected chi connectivity index (χ3v) is 3.84. The summed E-state index contributed by atoms with van der Waals surface area (Å²) in [6, 6.07) is 1.08. The molecule has 0 bridgehead atoms. The summed E-state index contributed by atoms with van der Waals surface area (Å²) in [6.07, 6.45) is 4.32. The molecule has 0 aliphatic carbocycles. The predicted octanol–water partition coefficient (Wildman–Crippen LogP) is 1.34. The Balaban J connectivity index is 1.77. The average Bonchev–Trinajstić information content (AvgIpc) is 2.74. The van der Waals surface area contributed by atoms with Gasteiger partial charge in [-0.25, -0.2) is 0 Å². The van der Waals surface area contributed by atoms with E-state index in [4.69, 9.17) is 14.2 Å². The SMILES string of the molecule is COCCC(C)NC1CCOC2(CCOC2)C1. The average molecular weight is 243 g/mol. The van der Waals surface area contributed by atoms with E-state index in [0.29, 0.717) is 12.1 Å². The Bertz CT molecular complexity index is 229. The van der Waals surface area contributed by atoms with E-state index in [2.05, 4.69) is 12.2 Å². The van der Waals surface area contributed by atoms with Crippen molar-refractivity contribution in [2.24, 2.45) is 0 Å². The number of methoxy groups -OCH3 is 1. The molecule has 100 valence electrons. The summed E-state index contributed by atoms with van der Waals surface area (Å²) >= 11 is 0. The van der Waals surface area contributed by atoms with Gasteiger partial charge in [-0.05, 0) is 26.2 Å². The molecule has 0 aromatic heterocycles. The minimum atomic E-state index is 0.0108. The van der Waals surface area contributed by atoms with Gasteiger partial charge in [-0.3, -0.25) is 0 Å². The maximum absolute atomic E-state index is 5.93. The van der Waals surface area contributed by atoms with Gasteiger partial charge in [0.2, 0.25) is 0 Å². The zero-order valence-corrected chi connectivity index (χ0v) is 11.0. The highest BCUT2D eigenvalue weighted by molar-refractivity contribution is 4.93. The fourth-order valence-corrected chi connectivity index (χ4v) is 2.81. The van der Waals surface area contributed by atoms with Crippen LogP contribution >= 0.6 is 0 Å². The molecular formula is C13H25NO3. The maximum Gasteiger partial charge on any atom is 0.0951 e. The molecule has 3 unspecified atom stereocenters. The van der Waals surface area contributed by atoms with Gasteiger partial charge < -0.3 is 19.5 Å². The molecular weight excluding hydrogens is 218 g/mol. The molecule has 0 saturated carbocycles. The molecule has 4 nitrogen and oxygen atoms in total. The molecule has 2 aliphatic rings. The second kappa shape index (κ2) is 6.14. The molecule has 2 heterocycles. The highest BCUT2D eigenvalue weighted by atomic mass is 16.6. The van der Waals surface area contributed by atoms with Crippen molar-refractivity contribution in [1.82, 2.24) is 5.32 Å². The van der Waals surface area contributed by atoms with Crippen LogP contribution < -0.4 is 5.32 Å². The highest BCUT2D eigenvalue weighted by Gasteiger charge is 2.41. The van der Waals surface area contributed by atoms with Crippen molar-refractivity contribution < 1.29 is 14.2 Å².